The third-order valence-electron chi connectivity index (χ3n) is 3.35. The third-order valence-corrected chi connectivity index (χ3v) is 3.35. The number of benzene rings is 1. The number of amides is 1. The van der Waals surface area contributed by atoms with Crippen LogP contribution in [0.2, 0.25) is 0 Å². The molecule has 1 unspecified atom stereocenters. The molecule has 4 N–H and O–H groups in total. The van der Waals surface area contributed by atoms with E-state index in [4.69, 9.17) is 16.4 Å². The summed E-state index contributed by atoms with van der Waals surface area (Å²) in [5.74, 6) is -12.1. The summed E-state index contributed by atoms with van der Waals surface area (Å²) in [6.07, 6.45) is 0.553. The summed E-state index contributed by atoms with van der Waals surface area (Å²) in [5, 5.41) is 13.0. The molecule has 0 fully saturated rings. The third kappa shape index (κ3) is 5.31. The highest BCUT2D eigenvalue weighted by Gasteiger charge is 2.29. The lowest BCUT2D eigenvalue weighted by molar-refractivity contribution is -0.141. The number of carboxylic acids is 1. The van der Waals surface area contributed by atoms with Crippen LogP contribution in [0.5, 0.6) is 0 Å². The molecular formula is C14H14F4N6O3. The summed E-state index contributed by atoms with van der Waals surface area (Å²) in [5.41, 5.74) is 10.3. The SMILES string of the molecule is CC(CCCN=C(N)NC(=O)c1c(F)c(F)c(N=[N+]=[N-])c(F)c1F)C(=O)O. The molecule has 146 valence electrons. The van der Waals surface area contributed by atoms with Crippen LogP contribution >= 0.6 is 0 Å². The Balaban J connectivity index is 2.93. The Hall–Kier alpha value is -3.34. The van der Waals surface area contributed by atoms with E-state index in [1.807, 2.05) is 4.91 Å². The van der Waals surface area contributed by atoms with E-state index in [0.717, 1.165) is 0 Å². The van der Waals surface area contributed by atoms with Crippen molar-refractivity contribution in [1.29, 1.82) is 0 Å². The fourth-order valence-electron chi connectivity index (χ4n) is 1.89. The Kier molecular flexibility index (Phi) is 7.54. The van der Waals surface area contributed by atoms with Crippen molar-refractivity contribution >= 4 is 23.5 Å². The number of nitrogens with one attached hydrogen (secondary N) is 1. The van der Waals surface area contributed by atoms with Gasteiger partial charge in [0, 0.05) is 11.5 Å². The van der Waals surface area contributed by atoms with Crippen LogP contribution in [0.4, 0.5) is 23.2 Å². The second-order valence-electron chi connectivity index (χ2n) is 5.27. The van der Waals surface area contributed by atoms with Crippen LogP contribution in [0.15, 0.2) is 10.1 Å². The maximum atomic E-state index is 13.8. The van der Waals surface area contributed by atoms with Crippen LogP contribution in [0, 0.1) is 29.2 Å². The predicted molar refractivity (Wildman–Crippen MR) is 85.1 cm³/mol. The van der Waals surface area contributed by atoms with E-state index in [-0.39, 0.29) is 19.4 Å². The van der Waals surface area contributed by atoms with Crippen LogP contribution in [-0.2, 0) is 4.79 Å². The minimum Gasteiger partial charge on any atom is -0.481 e. The molecule has 0 saturated carbocycles. The number of nitrogens with two attached hydrogens (primary N) is 1. The van der Waals surface area contributed by atoms with Gasteiger partial charge >= 0.3 is 5.97 Å². The van der Waals surface area contributed by atoms with Gasteiger partial charge in [-0.3, -0.25) is 19.9 Å². The number of hydrogen-bond donors (Lipinski definition) is 3. The smallest absolute Gasteiger partial charge is 0.306 e. The molecule has 1 rings (SSSR count). The fourth-order valence-corrected chi connectivity index (χ4v) is 1.89. The van der Waals surface area contributed by atoms with E-state index >= 15 is 0 Å². The Labute approximate surface area is 149 Å². The lowest BCUT2D eigenvalue weighted by Crippen LogP contribution is -2.38. The highest BCUT2D eigenvalue weighted by molar-refractivity contribution is 6.05. The summed E-state index contributed by atoms with van der Waals surface area (Å²) in [4.78, 5) is 28.1. The van der Waals surface area contributed by atoms with Gasteiger partial charge in [-0.2, -0.15) is 0 Å². The van der Waals surface area contributed by atoms with Crippen molar-refractivity contribution in [3.05, 3.63) is 39.3 Å². The van der Waals surface area contributed by atoms with Crippen LogP contribution in [0.25, 0.3) is 10.4 Å². The number of azide groups is 1. The van der Waals surface area contributed by atoms with Crippen molar-refractivity contribution < 1.29 is 32.3 Å². The summed E-state index contributed by atoms with van der Waals surface area (Å²) < 4.78 is 55.0. The van der Waals surface area contributed by atoms with Crippen molar-refractivity contribution in [1.82, 2.24) is 5.32 Å². The zero-order chi connectivity index (χ0) is 20.7. The summed E-state index contributed by atoms with van der Waals surface area (Å²) in [6.45, 7) is 1.47. The van der Waals surface area contributed by atoms with Gasteiger partial charge in [0.05, 0.1) is 5.92 Å². The highest BCUT2D eigenvalue weighted by Crippen LogP contribution is 2.30. The minimum atomic E-state index is -2.07. The highest BCUT2D eigenvalue weighted by atomic mass is 19.2. The first-order valence-corrected chi connectivity index (χ1v) is 7.36. The molecular weight excluding hydrogens is 376 g/mol. The Bertz CT molecular complexity index is 810. The van der Waals surface area contributed by atoms with Crippen LogP contribution in [0.1, 0.15) is 30.1 Å². The molecule has 0 bridgehead atoms. The van der Waals surface area contributed by atoms with E-state index in [0.29, 0.717) is 0 Å². The fraction of sp³-hybridized carbons (Fsp3) is 0.357. The molecule has 1 amide bonds. The van der Waals surface area contributed by atoms with Gasteiger partial charge in [-0.15, -0.1) is 0 Å². The number of carbonyl (C=O) groups excluding carboxylic acids is 1. The predicted octanol–water partition coefficient (Wildman–Crippen LogP) is 2.73. The van der Waals surface area contributed by atoms with E-state index in [9.17, 15) is 27.2 Å². The van der Waals surface area contributed by atoms with Crippen molar-refractivity contribution in [3.8, 4) is 0 Å². The maximum absolute atomic E-state index is 13.8. The summed E-state index contributed by atoms with van der Waals surface area (Å²) >= 11 is 0. The molecule has 13 heteroatoms. The largest absolute Gasteiger partial charge is 0.481 e. The number of aliphatic carboxylic acids is 1. The molecule has 0 aromatic heterocycles. The van der Waals surface area contributed by atoms with Gasteiger partial charge in [-0.1, -0.05) is 12.0 Å². The number of halogens is 4. The van der Waals surface area contributed by atoms with Crippen LogP contribution in [-0.4, -0.2) is 29.5 Å². The zero-order valence-corrected chi connectivity index (χ0v) is 13.8. The molecule has 0 aliphatic carbocycles. The van der Waals surface area contributed by atoms with Gasteiger partial charge in [0.15, 0.2) is 29.2 Å². The monoisotopic (exact) mass is 390 g/mol. The normalized spacial score (nSPS) is 12.3. The molecule has 1 aromatic rings. The molecule has 0 heterocycles. The lowest BCUT2D eigenvalue weighted by Gasteiger charge is -2.10. The summed E-state index contributed by atoms with van der Waals surface area (Å²) in [6, 6.07) is 0. The molecule has 0 saturated heterocycles. The van der Waals surface area contributed by atoms with Gasteiger partial charge in [-0.05, 0) is 18.4 Å². The van der Waals surface area contributed by atoms with Crippen molar-refractivity contribution in [2.75, 3.05) is 6.54 Å². The van der Waals surface area contributed by atoms with E-state index in [2.05, 4.69) is 10.1 Å². The lowest BCUT2D eigenvalue weighted by atomic mass is 10.1. The number of aliphatic imine (C=N–C) groups is 1. The number of rotatable bonds is 7. The maximum Gasteiger partial charge on any atom is 0.306 e. The van der Waals surface area contributed by atoms with Crippen LogP contribution < -0.4 is 11.1 Å². The first-order chi connectivity index (χ1) is 12.6. The second-order valence-corrected chi connectivity index (χ2v) is 5.27. The quantitative estimate of drug-likeness (QED) is 0.0957. The molecule has 0 aliphatic rings. The molecule has 27 heavy (non-hydrogen) atoms. The van der Waals surface area contributed by atoms with Gasteiger partial charge in [-0.25, -0.2) is 17.6 Å². The van der Waals surface area contributed by atoms with Crippen molar-refractivity contribution in [3.63, 3.8) is 0 Å². The zero-order valence-electron chi connectivity index (χ0n) is 13.8. The molecule has 1 atom stereocenters. The Morgan fingerprint density at radius 3 is 2.26 bits per heavy atom. The molecule has 9 nitrogen and oxygen atoms in total. The van der Waals surface area contributed by atoms with Crippen LogP contribution in [0.3, 0.4) is 0 Å². The standard InChI is InChI=1S/C14H14F4N6O3/c1-5(13(26)27)3-2-4-21-14(19)22-12(25)6-7(15)9(17)11(23-24-20)10(18)8(6)16/h5H,2-4H2,1H3,(H,26,27)(H3,19,21,22,25). The molecule has 0 aliphatic heterocycles. The average Bonchev–Trinajstić information content (AvgIpc) is 2.60. The average molecular weight is 390 g/mol. The number of carbonyl (C=O) groups is 2. The van der Waals surface area contributed by atoms with Gasteiger partial charge in [0.1, 0.15) is 11.3 Å². The van der Waals surface area contributed by atoms with Gasteiger partial charge in [0.25, 0.3) is 5.91 Å². The number of nitrogens with zero attached hydrogens (tertiary/aromatic N) is 4. The molecule has 0 radical (unpaired) electrons. The number of guanidine groups is 1. The first-order valence-electron chi connectivity index (χ1n) is 7.36. The topological polar surface area (TPSA) is 154 Å². The Morgan fingerprint density at radius 1 is 1.22 bits per heavy atom. The van der Waals surface area contributed by atoms with E-state index in [1.54, 1.807) is 5.32 Å². The summed E-state index contributed by atoms with van der Waals surface area (Å²) in [7, 11) is 0. The Morgan fingerprint density at radius 2 is 1.78 bits per heavy atom. The first kappa shape index (κ1) is 21.7. The van der Waals surface area contributed by atoms with E-state index in [1.165, 1.54) is 6.92 Å². The van der Waals surface area contributed by atoms with Gasteiger partial charge < -0.3 is 10.8 Å². The molecule has 1 aromatic carbocycles. The number of hydrogen-bond acceptors (Lipinski definition) is 4. The van der Waals surface area contributed by atoms with E-state index < -0.39 is 58.3 Å². The second kappa shape index (κ2) is 9.38. The van der Waals surface area contributed by atoms with Crippen molar-refractivity contribution in [2.24, 2.45) is 21.8 Å². The minimum absolute atomic E-state index is 0.00670. The van der Waals surface area contributed by atoms with Crippen molar-refractivity contribution in [2.45, 2.75) is 19.8 Å². The number of carboxylic acid groups (broad SMARTS) is 1. The van der Waals surface area contributed by atoms with Gasteiger partial charge in [0.2, 0.25) is 0 Å². The molecule has 0 spiro atoms.